The van der Waals surface area contributed by atoms with Gasteiger partial charge in [-0.25, -0.2) is 14.6 Å². The smallest absolute Gasteiger partial charge is 0.211 e. The van der Waals surface area contributed by atoms with Gasteiger partial charge in [0.15, 0.2) is 0 Å². The number of isocyanates is 2. The maximum Gasteiger partial charge on any atom is 0.240 e. The molecular weight excluding hydrogens is 204 g/mol. The first kappa shape index (κ1) is 12.1. The van der Waals surface area contributed by atoms with Gasteiger partial charge in [-0.2, -0.15) is 4.99 Å². The van der Waals surface area contributed by atoms with Crippen molar-refractivity contribution in [3.05, 3.63) is 29.3 Å². The fraction of sp³-hybridized carbons (Fsp3) is 0.333. The summed E-state index contributed by atoms with van der Waals surface area (Å²) in [6.07, 6.45) is 4.91. The molecule has 1 aromatic rings. The zero-order valence-corrected chi connectivity index (χ0v) is 9.06. The molecule has 82 valence electrons. The molecule has 4 nitrogen and oxygen atoms in total. The third kappa shape index (κ3) is 3.28. The lowest BCUT2D eigenvalue weighted by atomic mass is 10.0. The average Bonchev–Trinajstić information content (AvgIpc) is 2.30. The summed E-state index contributed by atoms with van der Waals surface area (Å²) >= 11 is 0. The van der Waals surface area contributed by atoms with Crippen LogP contribution in [0.3, 0.4) is 0 Å². The fourth-order valence-corrected chi connectivity index (χ4v) is 1.51. The molecule has 16 heavy (non-hydrogen) atoms. The van der Waals surface area contributed by atoms with Crippen molar-refractivity contribution in [2.24, 2.45) is 9.98 Å². The second-order valence-corrected chi connectivity index (χ2v) is 3.31. The van der Waals surface area contributed by atoms with E-state index in [9.17, 15) is 9.59 Å². The molecule has 0 bridgehead atoms. The molecule has 0 aliphatic carbocycles. The first-order valence-electron chi connectivity index (χ1n) is 5.05. The molecule has 0 unspecified atom stereocenters. The maximum atomic E-state index is 10.1. The van der Waals surface area contributed by atoms with E-state index in [0.717, 1.165) is 24.0 Å². The molecule has 0 fully saturated rings. The van der Waals surface area contributed by atoms with E-state index in [4.69, 9.17) is 0 Å². The van der Waals surface area contributed by atoms with Crippen LogP contribution in [-0.2, 0) is 22.6 Å². The molecule has 1 aromatic carbocycles. The largest absolute Gasteiger partial charge is 0.240 e. The number of hydrogen-bond acceptors (Lipinski definition) is 4. The second-order valence-electron chi connectivity index (χ2n) is 3.31. The summed E-state index contributed by atoms with van der Waals surface area (Å²) in [4.78, 5) is 27.3. The van der Waals surface area contributed by atoms with Gasteiger partial charge in [0.25, 0.3) is 0 Å². The van der Waals surface area contributed by atoms with Gasteiger partial charge in [-0.1, -0.05) is 19.4 Å². The van der Waals surface area contributed by atoms with Crippen molar-refractivity contribution >= 4 is 17.8 Å². The third-order valence-corrected chi connectivity index (χ3v) is 2.20. The summed E-state index contributed by atoms with van der Waals surface area (Å²) in [6, 6.07) is 5.40. The van der Waals surface area contributed by atoms with Crippen LogP contribution in [0.5, 0.6) is 0 Å². The molecule has 0 aromatic heterocycles. The quantitative estimate of drug-likeness (QED) is 0.560. The zero-order valence-electron chi connectivity index (χ0n) is 9.06. The van der Waals surface area contributed by atoms with Crippen LogP contribution in [0.2, 0.25) is 0 Å². The minimum atomic E-state index is 0.279. The first-order chi connectivity index (χ1) is 7.81. The second kappa shape index (κ2) is 6.46. The SMILES string of the molecule is CCCc1ccc(N=C=O)cc1CN=C=O. The van der Waals surface area contributed by atoms with Gasteiger partial charge in [-0.05, 0) is 29.7 Å². The van der Waals surface area contributed by atoms with Crippen molar-refractivity contribution in [1.29, 1.82) is 0 Å². The molecule has 0 aliphatic heterocycles. The molecule has 0 N–H and O–H groups in total. The highest BCUT2D eigenvalue weighted by atomic mass is 16.1. The fourth-order valence-electron chi connectivity index (χ4n) is 1.51. The van der Waals surface area contributed by atoms with Gasteiger partial charge in [0.2, 0.25) is 12.2 Å². The van der Waals surface area contributed by atoms with Crippen molar-refractivity contribution in [1.82, 2.24) is 0 Å². The van der Waals surface area contributed by atoms with Gasteiger partial charge < -0.3 is 0 Å². The Morgan fingerprint density at radius 2 is 2.00 bits per heavy atom. The number of benzene rings is 1. The predicted octanol–water partition coefficient (Wildman–Crippen LogP) is 2.44. The lowest BCUT2D eigenvalue weighted by molar-refractivity contribution is 0.562. The first-order valence-corrected chi connectivity index (χ1v) is 5.05. The van der Waals surface area contributed by atoms with E-state index in [-0.39, 0.29) is 6.54 Å². The van der Waals surface area contributed by atoms with Crippen LogP contribution in [0.1, 0.15) is 24.5 Å². The number of aliphatic imine (C=N–C) groups is 2. The van der Waals surface area contributed by atoms with Crippen molar-refractivity contribution < 1.29 is 9.59 Å². The average molecular weight is 216 g/mol. The molecule has 0 aliphatic rings. The van der Waals surface area contributed by atoms with Crippen LogP contribution >= 0.6 is 0 Å². The third-order valence-electron chi connectivity index (χ3n) is 2.20. The molecule has 0 amide bonds. The Kier molecular flexibility index (Phi) is 4.87. The zero-order chi connectivity index (χ0) is 11.8. The summed E-state index contributed by atoms with van der Waals surface area (Å²) in [7, 11) is 0. The minimum absolute atomic E-state index is 0.279. The summed E-state index contributed by atoms with van der Waals surface area (Å²) in [5, 5.41) is 0. The number of carbonyl (C=O) groups excluding carboxylic acids is 2. The van der Waals surface area contributed by atoms with E-state index >= 15 is 0 Å². The summed E-state index contributed by atoms with van der Waals surface area (Å²) < 4.78 is 0. The molecule has 1 rings (SSSR count). The lowest BCUT2D eigenvalue weighted by Crippen LogP contribution is -1.92. The van der Waals surface area contributed by atoms with Gasteiger partial charge >= 0.3 is 0 Å². The standard InChI is InChI=1S/C12H12N2O2/c1-2-3-10-4-5-12(14-9-16)6-11(10)7-13-8-15/h4-6H,2-3,7H2,1H3. The van der Waals surface area contributed by atoms with E-state index < -0.39 is 0 Å². The van der Waals surface area contributed by atoms with Crippen LogP contribution in [0.25, 0.3) is 0 Å². The van der Waals surface area contributed by atoms with Crippen LogP contribution in [0, 0.1) is 0 Å². The van der Waals surface area contributed by atoms with E-state index in [2.05, 4.69) is 16.9 Å². The number of hydrogen-bond donors (Lipinski definition) is 0. The van der Waals surface area contributed by atoms with Crippen molar-refractivity contribution in [3.8, 4) is 0 Å². The normalized spacial score (nSPS) is 9.06. The molecule has 0 heterocycles. The van der Waals surface area contributed by atoms with Gasteiger partial charge in [0.1, 0.15) is 0 Å². The number of rotatable bonds is 5. The van der Waals surface area contributed by atoms with E-state index in [0.29, 0.717) is 5.69 Å². The van der Waals surface area contributed by atoms with Gasteiger partial charge in [0.05, 0.1) is 12.2 Å². The molecule has 4 heteroatoms. The predicted molar refractivity (Wildman–Crippen MR) is 60.0 cm³/mol. The Bertz CT molecular complexity index is 456. The highest BCUT2D eigenvalue weighted by Crippen LogP contribution is 2.20. The van der Waals surface area contributed by atoms with Crippen molar-refractivity contribution in [2.45, 2.75) is 26.3 Å². The van der Waals surface area contributed by atoms with E-state index in [1.807, 2.05) is 6.07 Å². The Morgan fingerprint density at radius 3 is 2.62 bits per heavy atom. The van der Waals surface area contributed by atoms with Crippen LogP contribution in [0.15, 0.2) is 28.2 Å². The lowest BCUT2D eigenvalue weighted by Gasteiger charge is -2.06. The molecule has 0 radical (unpaired) electrons. The topological polar surface area (TPSA) is 58.9 Å². The van der Waals surface area contributed by atoms with Gasteiger partial charge in [0, 0.05) is 0 Å². The number of nitrogens with zero attached hydrogens (tertiary/aromatic N) is 2. The van der Waals surface area contributed by atoms with Crippen LogP contribution in [0.4, 0.5) is 5.69 Å². The van der Waals surface area contributed by atoms with Crippen LogP contribution in [-0.4, -0.2) is 12.2 Å². The molecule has 0 atom stereocenters. The Balaban J connectivity index is 3.08. The molecule has 0 saturated carbocycles. The van der Waals surface area contributed by atoms with Crippen molar-refractivity contribution in [2.75, 3.05) is 0 Å². The molecular formula is C12H12N2O2. The van der Waals surface area contributed by atoms with Gasteiger partial charge in [-0.3, -0.25) is 0 Å². The summed E-state index contributed by atoms with van der Waals surface area (Å²) in [5.41, 5.74) is 2.55. The summed E-state index contributed by atoms with van der Waals surface area (Å²) in [6.45, 7) is 2.35. The Morgan fingerprint density at radius 1 is 1.19 bits per heavy atom. The Hall–Kier alpha value is -2.02. The van der Waals surface area contributed by atoms with Crippen LogP contribution < -0.4 is 0 Å². The van der Waals surface area contributed by atoms with E-state index in [1.165, 1.54) is 12.2 Å². The molecule has 0 spiro atoms. The molecule has 0 saturated heterocycles. The Labute approximate surface area is 93.7 Å². The van der Waals surface area contributed by atoms with Crippen molar-refractivity contribution in [3.63, 3.8) is 0 Å². The highest BCUT2D eigenvalue weighted by Gasteiger charge is 2.02. The summed E-state index contributed by atoms with van der Waals surface area (Å²) in [5.74, 6) is 0. The highest BCUT2D eigenvalue weighted by molar-refractivity contribution is 5.52. The number of aryl methyl sites for hydroxylation is 1. The monoisotopic (exact) mass is 216 g/mol. The minimum Gasteiger partial charge on any atom is -0.211 e. The van der Waals surface area contributed by atoms with E-state index in [1.54, 1.807) is 12.1 Å². The van der Waals surface area contributed by atoms with Gasteiger partial charge in [-0.15, -0.1) is 0 Å². The maximum absolute atomic E-state index is 10.1.